The van der Waals surface area contributed by atoms with Gasteiger partial charge in [-0.2, -0.15) is 0 Å². The molecule has 0 bridgehead atoms. The standard InChI is InChI=1S/C23H27N3O3/c1-15-9-11-26-19-6-5-17(14-18(19)25-22(26)12-15)23(27)24-10-8-16-4-7-20(28-2)21(13-16)29-3/h4-7,13-15H,8-12H2,1-3H3,(H,24,27)/t15-/m0/s1. The SMILES string of the molecule is COc1ccc(CCNC(=O)c2ccc3c(c2)nc2n3CC[C@H](C)C2)cc1OC. The van der Waals surface area contributed by atoms with Gasteiger partial charge in [-0.25, -0.2) is 4.98 Å². The molecule has 0 unspecified atom stereocenters. The van der Waals surface area contributed by atoms with Crippen LogP contribution in [-0.4, -0.2) is 36.2 Å². The number of fused-ring (bicyclic) bond motifs is 3. The Labute approximate surface area is 170 Å². The number of ether oxygens (including phenoxy) is 2. The number of nitrogens with one attached hydrogen (secondary N) is 1. The molecule has 4 rings (SSSR count). The highest BCUT2D eigenvalue weighted by molar-refractivity contribution is 5.97. The third-order valence-corrected chi connectivity index (χ3v) is 5.61. The number of carbonyl (C=O) groups excluding carboxylic acids is 1. The van der Waals surface area contributed by atoms with Crippen molar-refractivity contribution in [3.63, 3.8) is 0 Å². The molecule has 0 aliphatic carbocycles. The van der Waals surface area contributed by atoms with Crippen LogP contribution in [0.5, 0.6) is 11.5 Å². The van der Waals surface area contributed by atoms with Gasteiger partial charge >= 0.3 is 0 Å². The van der Waals surface area contributed by atoms with Crippen molar-refractivity contribution < 1.29 is 14.3 Å². The maximum Gasteiger partial charge on any atom is 0.251 e. The molecule has 152 valence electrons. The van der Waals surface area contributed by atoms with Crippen LogP contribution >= 0.6 is 0 Å². The van der Waals surface area contributed by atoms with Gasteiger partial charge in [-0.15, -0.1) is 0 Å². The topological polar surface area (TPSA) is 65.4 Å². The van der Waals surface area contributed by atoms with Crippen LogP contribution in [0.2, 0.25) is 0 Å². The number of imidazole rings is 1. The van der Waals surface area contributed by atoms with Crippen molar-refractivity contribution in [3.05, 3.63) is 53.3 Å². The molecule has 0 saturated carbocycles. The largest absolute Gasteiger partial charge is 0.493 e. The molecule has 1 N–H and O–H groups in total. The van der Waals surface area contributed by atoms with E-state index in [1.165, 1.54) is 6.42 Å². The molecule has 0 radical (unpaired) electrons. The van der Waals surface area contributed by atoms with Crippen LogP contribution in [0.15, 0.2) is 36.4 Å². The molecule has 3 aromatic rings. The second kappa shape index (κ2) is 8.15. The minimum atomic E-state index is -0.0771. The van der Waals surface area contributed by atoms with Gasteiger partial charge in [-0.3, -0.25) is 4.79 Å². The van der Waals surface area contributed by atoms with Gasteiger partial charge in [0.05, 0.1) is 25.3 Å². The van der Waals surface area contributed by atoms with Crippen molar-refractivity contribution in [1.29, 1.82) is 0 Å². The molecule has 2 aromatic carbocycles. The fourth-order valence-electron chi connectivity index (χ4n) is 3.95. The van der Waals surface area contributed by atoms with E-state index in [4.69, 9.17) is 14.5 Å². The summed E-state index contributed by atoms with van der Waals surface area (Å²) in [7, 11) is 3.24. The molecule has 0 spiro atoms. The summed E-state index contributed by atoms with van der Waals surface area (Å²) in [6.45, 7) is 3.81. The zero-order valence-corrected chi connectivity index (χ0v) is 17.2. The highest BCUT2D eigenvalue weighted by Gasteiger charge is 2.19. The van der Waals surface area contributed by atoms with Crippen molar-refractivity contribution in [3.8, 4) is 11.5 Å². The van der Waals surface area contributed by atoms with E-state index < -0.39 is 0 Å². The van der Waals surface area contributed by atoms with E-state index >= 15 is 0 Å². The predicted octanol–water partition coefficient (Wildman–Crippen LogP) is 3.61. The number of rotatable bonds is 6. The Morgan fingerprint density at radius 2 is 2.00 bits per heavy atom. The number of aryl methyl sites for hydroxylation is 1. The first kappa shape index (κ1) is 19.3. The average molecular weight is 393 g/mol. The Kier molecular flexibility index (Phi) is 5.43. The Morgan fingerprint density at radius 3 is 2.79 bits per heavy atom. The van der Waals surface area contributed by atoms with Crippen LogP contribution in [-0.2, 0) is 19.4 Å². The normalized spacial score (nSPS) is 15.8. The summed E-state index contributed by atoms with van der Waals surface area (Å²) in [6.07, 6.45) is 2.89. The van der Waals surface area contributed by atoms with Crippen LogP contribution in [0.4, 0.5) is 0 Å². The minimum absolute atomic E-state index is 0.0771. The van der Waals surface area contributed by atoms with E-state index in [9.17, 15) is 4.79 Å². The maximum atomic E-state index is 12.6. The molecule has 0 fully saturated rings. The summed E-state index contributed by atoms with van der Waals surface area (Å²) in [5, 5.41) is 3.00. The van der Waals surface area contributed by atoms with Gasteiger partial charge in [0.25, 0.3) is 5.91 Å². The highest BCUT2D eigenvalue weighted by Crippen LogP contribution is 2.28. The Bertz CT molecular complexity index is 1040. The van der Waals surface area contributed by atoms with Gasteiger partial charge < -0.3 is 19.4 Å². The molecular weight excluding hydrogens is 366 g/mol. The average Bonchev–Trinajstić information content (AvgIpc) is 3.09. The molecule has 6 heteroatoms. The number of amides is 1. The van der Waals surface area contributed by atoms with Gasteiger partial charge in [-0.1, -0.05) is 13.0 Å². The van der Waals surface area contributed by atoms with E-state index in [0.29, 0.717) is 35.9 Å². The Balaban J connectivity index is 1.42. The highest BCUT2D eigenvalue weighted by atomic mass is 16.5. The van der Waals surface area contributed by atoms with Gasteiger partial charge in [-0.05, 0) is 54.7 Å². The number of hydrogen-bond acceptors (Lipinski definition) is 4. The first-order chi connectivity index (χ1) is 14.1. The number of aromatic nitrogens is 2. The van der Waals surface area contributed by atoms with Crippen molar-refractivity contribution in [2.45, 2.75) is 32.7 Å². The molecule has 1 amide bonds. The molecular formula is C23H27N3O3. The van der Waals surface area contributed by atoms with Gasteiger partial charge in [0.1, 0.15) is 5.82 Å². The van der Waals surface area contributed by atoms with Crippen LogP contribution in [0, 0.1) is 5.92 Å². The zero-order valence-electron chi connectivity index (χ0n) is 17.2. The number of methoxy groups -OCH3 is 2. The zero-order chi connectivity index (χ0) is 20.4. The van der Waals surface area contributed by atoms with E-state index in [2.05, 4.69) is 16.8 Å². The molecule has 2 heterocycles. The number of nitrogens with zero attached hydrogens (tertiary/aromatic N) is 2. The first-order valence-electron chi connectivity index (χ1n) is 10.1. The number of hydrogen-bond donors (Lipinski definition) is 1. The summed E-state index contributed by atoms with van der Waals surface area (Å²) < 4.78 is 12.9. The summed E-state index contributed by atoms with van der Waals surface area (Å²) in [6, 6.07) is 11.6. The monoisotopic (exact) mass is 393 g/mol. The Morgan fingerprint density at radius 1 is 1.17 bits per heavy atom. The third kappa shape index (κ3) is 3.92. The molecule has 29 heavy (non-hydrogen) atoms. The predicted molar refractivity (Wildman–Crippen MR) is 113 cm³/mol. The van der Waals surface area contributed by atoms with Crippen LogP contribution in [0.3, 0.4) is 0 Å². The lowest BCUT2D eigenvalue weighted by Crippen LogP contribution is -2.25. The van der Waals surface area contributed by atoms with Crippen LogP contribution in [0.1, 0.15) is 35.1 Å². The lowest BCUT2D eigenvalue weighted by Gasteiger charge is -2.19. The van der Waals surface area contributed by atoms with Crippen LogP contribution < -0.4 is 14.8 Å². The fraction of sp³-hybridized carbons (Fsp3) is 0.391. The van der Waals surface area contributed by atoms with Gasteiger partial charge in [0.2, 0.25) is 0 Å². The maximum absolute atomic E-state index is 12.6. The molecule has 0 saturated heterocycles. The molecule has 1 aliphatic heterocycles. The second-order valence-corrected chi connectivity index (χ2v) is 7.68. The quantitative estimate of drug-likeness (QED) is 0.695. The summed E-state index contributed by atoms with van der Waals surface area (Å²) in [5.74, 6) is 3.11. The summed E-state index contributed by atoms with van der Waals surface area (Å²) >= 11 is 0. The molecule has 1 aromatic heterocycles. The van der Waals surface area contributed by atoms with Crippen molar-refractivity contribution in [2.24, 2.45) is 5.92 Å². The first-order valence-corrected chi connectivity index (χ1v) is 10.1. The number of benzene rings is 2. The van der Waals surface area contributed by atoms with Crippen molar-refractivity contribution in [2.75, 3.05) is 20.8 Å². The Hall–Kier alpha value is -3.02. The second-order valence-electron chi connectivity index (χ2n) is 7.68. The molecule has 1 atom stereocenters. The van der Waals surface area contributed by atoms with Gasteiger partial charge in [0.15, 0.2) is 11.5 Å². The number of carbonyl (C=O) groups is 1. The van der Waals surface area contributed by atoms with E-state index in [1.807, 2.05) is 36.4 Å². The molecule has 1 aliphatic rings. The van der Waals surface area contributed by atoms with E-state index in [1.54, 1.807) is 14.2 Å². The fourth-order valence-corrected chi connectivity index (χ4v) is 3.95. The van der Waals surface area contributed by atoms with E-state index in [0.717, 1.165) is 35.4 Å². The molecule has 6 nitrogen and oxygen atoms in total. The van der Waals surface area contributed by atoms with Crippen LogP contribution in [0.25, 0.3) is 11.0 Å². The van der Waals surface area contributed by atoms with Crippen molar-refractivity contribution >= 4 is 16.9 Å². The summed E-state index contributed by atoms with van der Waals surface area (Å²) in [4.78, 5) is 17.4. The third-order valence-electron chi connectivity index (χ3n) is 5.61. The lowest BCUT2D eigenvalue weighted by molar-refractivity contribution is 0.0954. The summed E-state index contributed by atoms with van der Waals surface area (Å²) in [5.41, 5.74) is 3.75. The smallest absolute Gasteiger partial charge is 0.251 e. The van der Waals surface area contributed by atoms with Gasteiger partial charge in [0, 0.05) is 25.1 Å². The minimum Gasteiger partial charge on any atom is -0.493 e. The van der Waals surface area contributed by atoms with Crippen molar-refractivity contribution in [1.82, 2.24) is 14.9 Å². The lowest BCUT2D eigenvalue weighted by atomic mass is 10.0. The van der Waals surface area contributed by atoms with E-state index in [-0.39, 0.29) is 5.91 Å².